The van der Waals surface area contributed by atoms with Crippen LogP contribution in [-0.2, 0) is 13.2 Å². The standard InChI is InChI=1S/C27H20FN3O3/c1-18-21(8-5-9-24(18)20-6-3-2-4-7-20)17-34-27-30-14-23(15-32)26(31-27)33-16-19-10-11-25(28)22(12-19)13-29/h2-12,14-15H,16-17H2,1H3. The fourth-order valence-corrected chi connectivity index (χ4v) is 3.44. The third kappa shape index (κ3) is 5.08. The first-order valence-electron chi connectivity index (χ1n) is 10.5. The van der Waals surface area contributed by atoms with Gasteiger partial charge in [-0.1, -0.05) is 54.6 Å². The van der Waals surface area contributed by atoms with Crippen LogP contribution in [0, 0.1) is 24.1 Å². The number of hydrogen-bond acceptors (Lipinski definition) is 6. The number of benzene rings is 3. The molecule has 0 bridgehead atoms. The highest BCUT2D eigenvalue weighted by Crippen LogP contribution is 2.26. The molecule has 0 unspecified atom stereocenters. The van der Waals surface area contributed by atoms with Gasteiger partial charge in [-0.2, -0.15) is 10.2 Å². The Bertz CT molecular complexity index is 1370. The first kappa shape index (κ1) is 22.6. The molecule has 0 radical (unpaired) electrons. The number of nitrogens with zero attached hydrogens (tertiary/aromatic N) is 3. The van der Waals surface area contributed by atoms with Crippen LogP contribution in [0.25, 0.3) is 11.1 Å². The van der Waals surface area contributed by atoms with Crippen molar-refractivity contribution in [1.29, 1.82) is 5.26 Å². The number of carbonyl (C=O) groups excluding carboxylic acids is 1. The number of rotatable bonds is 8. The van der Waals surface area contributed by atoms with E-state index < -0.39 is 5.82 Å². The van der Waals surface area contributed by atoms with Crippen LogP contribution in [0.2, 0.25) is 0 Å². The van der Waals surface area contributed by atoms with E-state index in [9.17, 15) is 9.18 Å². The predicted molar refractivity (Wildman–Crippen MR) is 124 cm³/mol. The molecule has 0 atom stereocenters. The van der Waals surface area contributed by atoms with Gasteiger partial charge in [-0.05, 0) is 46.9 Å². The Hall–Kier alpha value is -4.57. The van der Waals surface area contributed by atoms with Crippen LogP contribution < -0.4 is 9.47 Å². The molecule has 34 heavy (non-hydrogen) atoms. The third-order valence-electron chi connectivity index (χ3n) is 5.30. The van der Waals surface area contributed by atoms with E-state index in [0.29, 0.717) is 11.8 Å². The Morgan fingerprint density at radius 3 is 2.62 bits per heavy atom. The number of carbonyl (C=O) groups is 1. The smallest absolute Gasteiger partial charge is 0.320 e. The summed E-state index contributed by atoms with van der Waals surface area (Å²) >= 11 is 0. The Balaban J connectivity index is 1.49. The summed E-state index contributed by atoms with van der Waals surface area (Å²) in [6.45, 7) is 2.25. The molecular formula is C27H20FN3O3. The van der Waals surface area contributed by atoms with Crippen LogP contribution >= 0.6 is 0 Å². The molecule has 1 heterocycles. The SMILES string of the molecule is Cc1c(COc2ncc(C=O)c(OCc3ccc(F)c(C#N)c3)n2)cccc1-c1ccccc1. The van der Waals surface area contributed by atoms with Gasteiger partial charge in [-0.15, -0.1) is 0 Å². The van der Waals surface area contributed by atoms with Crippen LogP contribution in [0.1, 0.15) is 32.6 Å². The van der Waals surface area contributed by atoms with Gasteiger partial charge in [0.05, 0.1) is 11.1 Å². The molecule has 168 valence electrons. The molecule has 4 rings (SSSR count). The molecule has 0 amide bonds. The summed E-state index contributed by atoms with van der Waals surface area (Å²) in [5.41, 5.74) is 4.91. The van der Waals surface area contributed by atoms with Crippen molar-refractivity contribution in [2.24, 2.45) is 0 Å². The van der Waals surface area contributed by atoms with Crippen LogP contribution in [0.5, 0.6) is 11.9 Å². The van der Waals surface area contributed by atoms with Crippen molar-refractivity contribution in [1.82, 2.24) is 9.97 Å². The molecule has 0 spiro atoms. The number of aromatic nitrogens is 2. The van der Waals surface area contributed by atoms with Crippen LogP contribution in [0.3, 0.4) is 0 Å². The summed E-state index contributed by atoms with van der Waals surface area (Å²) in [6.07, 6.45) is 1.90. The zero-order valence-corrected chi connectivity index (χ0v) is 18.4. The van der Waals surface area contributed by atoms with Crippen LogP contribution in [0.15, 0.2) is 72.9 Å². The highest BCUT2D eigenvalue weighted by Gasteiger charge is 2.12. The van der Waals surface area contributed by atoms with Gasteiger partial charge < -0.3 is 9.47 Å². The minimum Gasteiger partial charge on any atom is -0.472 e. The van der Waals surface area contributed by atoms with Gasteiger partial charge in [0.25, 0.3) is 0 Å². The fraction of sp³-hybridized carbons (Fsp3) is 0.111. The van der Waals surface area contributed by atoms with E-state index in [0.717, 1.165) is 22.3 Å². The summed E-state index contributed by atoms with van der Waals surface area (Å²) in [5.74, 6) is -0.568. The van der Waals surface area contributed by atoms with Gasteiger partial charge in [0, 0.05) is 6.20 Å². The lowest BCUT2D eigenvalue weighted by Crippen LogP contribution is -2.06. The summed E-state index contributed by atoms with van der Waals surface area (Å²) in [4.78, 5) is 19.7. The molecule has 3 aromatic carbocycles. The van der Waals surface area contributed by atoms with Crippen LogP contribution in [-0.4, -0.2) is 16.3 Å². The first-order chi connectivity index (χ1) is 16.6. The minimum atomic E-state index is -0.607. The van der Waals surface area contributed by atoms with Crippen molar-refractivity contribution < 1.29 is 18.7 Å². The highest BCUT2D eigenvalue weighted by molar-refractivity contribution is 5.77. The number of aldehydes is 1. The van der Waals surface area contributed by atoms with Crippen molar-refractivity contribution in [2.45, 2.75) is 20.1 Å². The van der Waals surface area contributed by atoms with Gasteiger partial charge in [0.1, 0.15) is 25.1 Å². The summed E-state index contributed by atoms with van der Waals surface area (Å²) in [5, 5.41) is 8.99. The van der Waals surface area contributed by atoms with E-state index in [2.05, 4.69) is 28.2 Å². The lowest BCUT2D eigenvalue weighted by molar-refractivity contribution is 0.111. The summed E-state index contributed by atoms with van der Waals surface area (Å²) in [6, 6.07) is 22.0. The van der Waals surface area contributed by atoms with E-state index >= 15 is 0 Å². The molecule has 0 saturated heterocycles. The van der Waals surface area contributed by atoms with Crippen LogP contribution in [0.4, 0.5) is 4.39 Å². The number of nitriles is 1. The van der Waals surface area contributed by atoms with Crippen molar-refractivity contribution >= 4 is 6.29 Å². The van der Waals surface area contributed by atoms with Gasteiger partial charge in [0.2, 0.25) is 5.88 Å². The molecule has 0 N–H and O–H groups in total. The fourth-order valence-electron chi connectivity index (χ4n) is 3.44. The minimum absolute atomic E-state index is 0.00944. The van der Waals surface area contributed by atoms with E-state index in [-0.39, 0.29) is 36.2 Å². The second-order valence-corrected chi connectivity index (χ2v) is 7.49. The molecule has 7 heteroatoms. The quantitative estimate of drug-likeness (QED) is 0.331. The van der Waals surface area contributed by atoms with Crippen molar-refractivity contribution in [2.75, 3.05) is 0 Å². The Morgan fingerprint density at radius 1 is 1.03 bits per heavy atom. The predicted octanol–water partition coefficient (Wildman–Crippen LogP) is 5.43. The van der Waals surface area contributed by atoms with E-state index in [4.69, 9.17) is 14.7 Å². The summed E-state index contributed by atoms with van der Waals surface area (Å²) < 4.78 is 25.0. The molecule has 6 nitrogen and oxygen atoms in total. The third-order valence-corrected chi connectivity index (χ3v) is 5.30. The van der Waals surface area contributed by atoms with Gasteiger partial charge in [-0.3, -0.25) is 4.79 Å². The average Bonchev–Trinajstić information content (AvgIpc) is 2.88. The second-order valence-electron chi connectivity index (χ2n) is 7.49. The van der Waals surface area contributed by atoms with Gasteiger partial charge in [-0.25, -0.2) is 9.37 Å². The zero-order valence-electron chi connectivity index (χ0n) is 18.4. The topological polar surface area (TPSA) is 85.1 Å². The highest BCUT2D eigenvalue weighted by atomic mass is 19.1. The number of halogens is 1. The van der Waals surface area contributed by atoms with E-state index in [1.165, 1.54) is 24.4 Å². The second kappa shape index (κ2) is 10.4. The molecule has 0 aliphatic heterocycles. The lowest BCUT2D eigenvalue weighted by Gasteiger charge is -2.13. The number of hydrogen-bond donors (Lipinski definition) is 0. The lowest BCUT2D eigenvalue weighted by atomic mass is 9.97. The molecular weight excluding hydrogens is 433 g/mol. The maximum absolute atomic E-state index is 13.5. The molecule has 0 aliphatic rings. The van der Waals surface area contributed by atoms with Gasteiger partial charge >= 0.3 is 6.01 Å². The Labute approximate surface area is 196 Å². The van der Waals surface area contributed by atoms with Crippen molar-refractivity contribution in [3.05, 3.63) is 107 Å². The molecule has 1 aromatic heterocycles. The molecule has 0 fully saturated rings. The van der Waals surface area contributed by atoms with Crippen molar-refractivity contribution in [3.63, 3.8) is 0 Å². The maximum Gasteiger partial charge on any atom is 0.320 e. The number of ether oxygens (including phenoxy) is 2. The average molecular weight is 453 g/mol. The molecule has 0 saturated carbocycles. The zero-order chi connectivity index (χ0) is 23.9. The van der Waals surface area contributed by atoms with Gasteiger partial charge in [0.15, 0.2) is 6.29 Å². The molecule has 4 aromatic rings. The Morgan fingerprint density at radius 2 is 1.85 bits per heavy atom. The monoisotopic (exact) mass is 453 g/mol. The first-order valence-corrected chi connectivity index (χ1v) is 10.5. The summed E-state index contributed by atoms with van der Waals surface area (Å²) in [7, 11) is 0. The molecule has 0 aliphatic carbocycles. The van der Waals surface area contributed by atoms with E-state index in [1.54, 1.807) is 6.07 Å². The normalized spacial score (nSPS) is 10.4. The van der Waals surface area contributed by atoms with Crippen molar-refractivity contribution in [3.8, 4) is 29.1 Å². The van der Waals surface area contributed by atoms with E-state index in [1.807, 2.05) is 37.3 Å². The Kier molecular flexibility index (Phi) is 6.89. The maximum atomic E-state index is 13.5. The largest absolute Gasteiger partial charge is 0.472 e.